The number of aromatic nitrogens is 1. The summed E-state index contributed by atoms with van der Waals surface area (Å²) < 4.78 is 3.19. The molecular weight excluding hydrogens is 571 g/mol. The van der Waals surface area contributed by atoms with Crippen molar-refractivity contribution >= 4 is 82.4 Å². The monoisotopic (exact) mass is 584 g/mol. The minimum atomic E-state index is -0.137. The first-order valence-corrected chi connectivity index (χ1v) is 11.9. The van der Waals surface area contributed by atoms with E-state index in [-0.39, 0.29) is 5.91 Å². The molecule has 0 atom stereocenters. The van der Waals surface area contributed by atoms with Gasteiger partial charge in [-0.1, -0.05) is 52.3 Å². The van der Waals surface area contributed by atoms with Gasteiger partial charge in [0.05, 0.1) is 15.9 Å². The summed E-state index contributed by atoms with van der Waals surface area (Å²) in [6, 6.07) is 25.7. The quantitative estimate of drug-likeness (QED) is 0.220. The number of carbonyl (C=O) groups excluding carboxylic acids is 1. The molecule has 3 nitrogen and oxygen atoms in total. The van der Waals surface area contributed by atoms with Gasteiger partial charge in [0.1, 0.15) is 5.01 Å². The van der Waals surface area contributed by atoms with E-state index in [1.165, 1.54) is 0 Å². The highest BCUT2D eigenvalue weighted by molar-refractivity contribution is 14.1. The summed E-state index contributed by atoms with van der Waals surface area (Å²) in [6.07, 6.45) is 0. The Kier molecular flexibility index (Phi) is 5.30. The predicted molar refractivity (Wildman–Crippen MR) is 137 cm³/mol. The third-order valence-electron chi connectivity index (χ3n) is 4.87. The molecule has 1 aromatic heterocycles. The molecule has 0 spiro atoms. The van der Waals surface area contributed by atoms with Gasteiger partial charge in [-0.05, 0) is 75.8 Å². The molecule has 0 bridgehead atoms. The second kappa shape index (κ2) is 8.09. The third kappa shape index (κ3) is 3.64. The highest BCUT2D eigenvalue weighted by Gasteiger charge is 2.16. The molecule has 0 aliphatic carbocycles. The number of nitrogens with one attached hydrogen (secondary N) is 1. The molecule has 4 aromatic carbocycles. The Morgan fingerprint density at radius 1 is 0.933 bits per heavy atom. The zero-order chi connectivity index (χ0) is 20.7. The van der Waals surface area contributed by atoms with Crippen LogP contribution in [0.2, 0.25) is 0 Å². The van der Waals surface area contributed by atoms with Crippen molar-refractivity contribution < 1.29 is 4.79 Å². The molecule has 0 saturated carbocycles. The number of para-hydroxylation sites is 1. The SMILES string of the molecule is O=C(Nc1ccc(I)cc1-c1nc2ccccc2s1)c1cccc2c(Br)cccc12. The molecule has 1 amide bonds. The summed E-state index contributed by atoms with van der Waals surface area (Å²) in [6.45, 7) is 0. The van der Waals surface area contributed by atoms with Gasteiger partial charge in [-0.15, -0.1) is 11.3 Å². The van der Waals surface area contributed by atoms with Crippen molar-refractivity contribution in [2.45, 2.75) is 0 Å². The van der Waals surface area contributed by atoms with Crippen molar-refractivity contribution in [2.24, 2.45) is 0 Å². The maximum absolute atomic E-state index is 13.2. The summed E-state index contributed by atoms with van der Waals surface area (Å²) in [5.41, 5.74) is 3.29. The van der Waals surface area contributed by atoms with Crippen LogP contribution in [0.25, 0.3) is 31.6 Å². The summed E-state index contributed by atoms with van der Waals surface area (Å²) in [5, 5.41) is 5.94. The number of carbonyl (C=O) groups is 1. The van der Waals surface area contributed by atoms with E-state index < -0.39 is 0 Å². The summed E-state index contributed by atoms with van der Waals surface area (Å²) in [5.74, 6) is -0.137. The zero-order valence-corrected chi connectivity index (χ0v) is 20.1. The van der Waals surface area contributed by atoms with Crippen LogP contribution in [-0.4, -0.2) is 10.9 Å². The lowest BCUT2D eigenvalue weighted by Crippen LogP contribution is -2.13. The van der Waals surface area contributed by atoms with E-state index in [1.807, 2.05) is 66.7 Å². The maximum atomic E-state index is 13.2. The van der Waals surface area contributed by atoms with E-state index in [2.05, 4.69) is 56.0 Å². The molecule has 0 aliphatic rings. The average Bonchev–Trinajstić information content (AvgIpc) is 3.19. The van der Waals surface area contributed by atoms with E-state index in [0.717, 1.165) is 45.3 Å². The highest BCUT2D eigenvalue weighted by atomic mass is 127. The van der Waals surface area contributed by atoms with Gasteiger partial charge < -0.3 is 5.32 Å². The number of benzene rings is 4. The largest absolute Gasteiger partial charge is 0.321 e. The predicted octanol–water partition coefficient (Wildman–Crippen LogP) is 7.74. The highest BCUT2D eigenvalue weighted by Crippen LogP contribution is 2.36. The van der Waals surface area contributed by atoms with Crippen LogP contribution in [0, 0.1) is 3.57 Å². The van der Waals surface area contributed by atoms with Crippen LogP contribution in [-0.2, 0) is 0 Å². The number of amides is 1. The first-order chi connectivity index (χ1) is 14.6. The van der Waals surface area contributed by atoms with Crippen molar-refractivity contribution in [3.8, 4) is 10.6 Å². The van der Waals surface area contributed by atoms with E-state index in [0.29, 0.717) is 5.56 Å². The Morgan fingerprint density at radius 2 is 1.73 bits per heavy atom. The van der Waals surface area contributed by atoms with Gasteiger partial charge in [-0.3, -0.25) is 4.79 Å². The summed E-state index contributed by atoms with van der Waals surface area (Å²) in [7, 11) is 0. The van der Waals surface area contributed by atoms with Gasteiger partial charge in [-0.2, -0.15) is 0 Å². The number of hydrogen-bond acceptors (Lipinski definition) is 3. The molecular formula is C24H14BrIN2OS. The van der Waals surface area contributed by atoms with Crippen LogP contribution in [0.1, 0.15) is 10.4 Å². The lowest BCUT2D eigenvalue weighted by Gasteiger charge is -2.12. The van der Waals surface area contributed by atoms with E-state index in [9.17, 15) is 4.79 Å². The minimum absolute atomic E-state index is 0.137. The lowest BCUT2D eigenvalue weighted by atomic mass is 10.0. The molecule has 30 heavy (non-hydrogen) atoms. The standard InChI is InChI=1S/C24H14BrIN2OS/c25-19-8-4-5-15-16(19)6-3-7-17(15)23(29)27-20-12-11-14(26)13-18(20)24-28-21-9-1-2-10-22(21)30-24/h1-13H,(H,27,29). The van der Waals surface area contributed by atoms with E-state index in [1.54, 1.807) is 11.3 Å². The molecule has 0 fully saturated rings. The van der Waals surface area contributed by atoms with Crippen LogP contribution in [0.5, 0.6) is 0 Å². The van der Waals surface area contributed by atoms with Gasteiger partial charge >= 0.3 is 0 Å². The fourth-order valence-corrected chi connectivity index (χ4v) is 5.43. The first-order valence-electron chi connectivity index (χ1n) is 9.24. The Hall–Kier alpha value is -2.29. The van der Waals surface area contributed by atoms with Crippen molar-refractivity contribution in [1.82, 2.24) is 4.98 Å². The fraction of sp³-hybridized carbons (Fsp3) is 0. The Labute approximate surface area is 199 Å². The number of hydrogen-bond donors (Lipinski definition) is 1. The van der Waals surface area contributed by atoms with Crippen molar-refractivity contribution in [3.05, 3.63) is 92.5 Å². The fourth-order valence-electron chi connectivity index (χ4n) is 3.45. The van der Waals surface area contributed by atoms with E-state index in [4.69, 9.17) is 4.98 Å². The average molecular weight is 585 g/mol. The molecule has 146 valence electrons. The number of fused-ring (bicyclic) bond motifs is 2. The smallest absolute Gasteiger partial charge is 0.256 e. The van der Waals surface area contributed by atoms with Gasteiger partial charge in [0.15, 0.2) is 0 Å². The first kappa shape index (κ1) is 19.7. The number of thiazole rings is 1. The zero-order valence-electron chi connectivity index (χ0n) is 15.5. The number of anilines is 1. The van der Waals surface area contributed by atoms with Crippen molar-refractivity contribution in [3.63, 3.8) is 0 Å². The summed E-state index contributed by atoms with van der Waals surface area (Å²) >= 11 is 7.49. The third-order valence-corrected chi connectivity index (χ3v) is 7.30. The van der Waals surface area contributed by atoms with Gasteiger partial charge in [0.2, 0.25) is 0 Å². The molecule has 0 radical (unpaired) electrons. The molecule has 1 heterocycles. The molecule has 0 aliphatic heterocycles. The molecule has 6 heteroatoms. The van der Waals surface area contributed by atoms with Crippen LogP contribution < -0.4 is 5.32 Å². The molecule has 5 aromatic rings. The van der Waals surface area contributed by atoms with Crippen molar-refractivity contribution in [1.29, 1.82) is 0 Å². The normalized spacial score (nSPS) is 11.1. The molecule has 0 unspecified atom stereocenters. The Morgan fingerprint density at radius 3 is 2.60 bits per heavy atom. The topological polar surface area (TPSA) is 42.0 Å². The number of halogens is 2. The second-order valence-corrected chi connectivity index (χ2v) is 9.90. The number of rotatable bonds is 3. The molecule has 5 rings (SSSR count). The van der Waals surface area contributed by atoms with Crippen LogP contribution in [0.15, 0.2) is 83.3 Å². The second-order valence-electron chi connectivity index (χ2n) is 6.77. The van der Waals surface area contributed by atoms with Gasteiger partial charge in [0.25, 0.3) is 5.91 Å². The summed E-state index contributed by atoms with van der Waals surface area (Å²) in [4.78, 5) is 18.0. The van der Waals surface area contributed by atoms with Crippen molar-refractivity contribution in [2.75, 3.05) is 5.32 Å². The minimum Gasteiger partial charge on any atom is -0.321 e. The number of nitrogens with zero attached hydrogens (tertiary/aromatic N) is 1. The van der Waals surface area contributed by atoms with Crippen LogP contribution in [0.4, 0.5) is 5.69 Å². The molecule has 1 N–H and O–H groups in total. The van der Waals surface area contributed by atoms with Crippen LogP contribution in [0.3, 0.4) is 0 Å². The van der Waals surface area contributed by atoms with E-state index >= 15 is 0 Å². The van der Waals surface area contributed by atoms with Gasteiger partial charge in [0, 0.05) is 19.2 Å². The lowest BCUT2D eigenvalue weighted by molar-refractivity contribution is 0.102. The van der Waals surface area contributed by atoms with Gasteiger partial charge in [-0.25, -0.2) is 4.98 Å². The molecule has 0 saturated heterocycles. The Bertz CT molecular complexity index is 1400. The van der Waals surface area contributed by atoms with Crippen LogP contribution >= 0.6 is 49.9 Å². The Balaban J connectivity index is 1.57. The maximum Gasteiger partial charge on any atom is 0.256 e.